The summed E-state index contributed by atoms with van der Waals surface area (Å²) in [7, 11) is 0. The van der Waals surface area contributed by atoms with E-state index in [9.17, 15) is 4.79 Å². The Hall–Kier alpha value is -1.25. The van der Waals surface area contributed by atoms with Crippen molar-refractivity contribution in [3.63, 3.8) is 0 Å². The average Bonchev–Trinajstić information content (AvgIpc) is 2.93. The number of carbonyl (C=O) groups excluding carboxylic acids is 1. The number of esters is 1. The molecule has 0 spiro atoms. The van der Waals surface area contributed by atoms with Crippen molar-refractivity contribution in [3.8, 4) is 0 Å². The van der Waals surface area contributed by atoms with Gasteiger partial charge in [-0.05, 0) is 31.4 Å². The van der Waals surface area contributed by atoms with E-state index in [2.05, 4.69) is 0 Å². The van der Waals surface area contributed by atoms with Gasteiger partial charge in [-0.1, -0.05) is 6.92 Å². The van der Waals surface area contributed by atoms with Crippen LogP contribution < -0.4 is 0 Å². The van der Waals surface area contributed by atoms with Gasteiger partial charge in [0.15, 0.2) is 0 Å². The predicted molar refractivity (Wildman–Crippen MR) is 53.3 cm³/mol. The summed E-state index contributed by atoms with van der Waals surface area (Å²) < 4.78 is 7.12. The molecule has 1 saturated carbocycles. The normalized spacial score (nSPS) is 15.5. The maximum absolute atomic E-state index is 11.6. The summed E-state index contributed by atoms with van der Waals surface area (Å²) in [5.41, 5.74) is 0.695. The minimum Gasteiger partial charge on any atom is -0.461 e. The van der Waals surface area contributed by atoms with Gasteiger partial charge in [-0.25, -0.2) is 4.79 Å². The number of aromatic nitrogens is 1. The first-order valence-corrected chi connectivity index (χ1v) is 5.17. The molecule has 0 radical (unpaired) electrons. The topological polar surface area (TPSA) is 31.2 Å². The second-order valence-electron chi connectivity index (χ2n) is 3.67. The van der Waals surface area contributed by atoms with E-state index in [1.807, 2.05) is 29.8 Å². The second-order valence-corrected chi connectivity index (χ2v) is 3.67. The zero-order chi connectivity index (χ0) is 9.97. The monoisotopic (exact) mass is 193 g/mol. The van der Waals surface area contributed by atoms with Gasteiger partial charge in [0.2, 0.25) is 0 Å². The van der Waals surface area contributed by atoms with Crippen LogP contribution in [0.3, 0.4) is 0 Å². The zero-order valence-corrected chi connectivity index (χ0v) is 8.40. The Morgan fingerprint density at radius 3 is 3.07 bits per heavy atom. The summed E-state index contributed by atoms with van der Waals surface area (Å²) in [5, 5.41) is 0. The summed E-state index contributed by atoms with van der Waals surface area (Å²) in [6.45, 7) is 2.50. The molecule has 76 valence electrons. The van der Waals surface area contributed by atoms with Crippen LogP contribution in [0.15, 0.2) is 18.3 Å². The smallest absolute Gasteiger partial charge is 0.354 e. The number of ether oxygens (including phenoxy) is 1. The fourth-order valence-electron chi connectivity index (χ4n) is 1.51. The van der Waals surface area contributed by atoms with Gasteiger partial charge < -0.3 is 9.30 Å². The first-order valence-electron chi connectivity index (χ1n) is 5.17. The maximum atomic E-state index is 11.6. The minimum absolute atomic E-state index is 0.191. The summed E-state index contributed by atoms with van der Waals surface area (Å²) >= 11 is 0. The first-order chi connectivity index (χ1) is 6.83. The molecule has 0 aromatic carbocycles. The van der Waals surface area contributed by atoms with E-state index in [1.165, 1.54) is 12.8 Å². The molecule has 2 rings (SSSR count). The lowest BCUT2D eigenvalue weighted by atomic mass is 10.4. The first kappa shape index (κ1) is 9.31. The van der Waals surface area contributed by atoms with E-state index in [4.69, 9.17) is 4.74 Å². The molecule has 14 heavy (non-hydrogen) atoms. The fourth-order valence-corrected chi connectivity index (χ4v) is 1.51. The van der Waals surface area contributed by atoms with Gasteiger partial charge in [0, 0.05) is 12.2 Å². The van der Waals surface area contributed by atoms with E-state index in [-0.39, 0.29) is 5.97 Å². The maximum Gasteiger partial charge on any atom is 0.354 e. The second kappa shape index (κ2) is 3.86. The van der Waals surface area contributed by atoms with Gasteiger partial charge in [-0.3, -0.25) is 0 Å². The fraction of sp³-hybridized carbons (Fsp3) is 0.545. The van der Waals surface area contributed by atoms with E-state index in [0.717, 1.165) is 6.42 Å². The van der Waals surface area contributed by atoms with Crippen molar-refractivity contribution in [2.45, 2.75) is 32.2 Å². The van der Waals surface area contributed by atoms with Crippen molar-refractivity contribution in [1.29, 1.82) is 0 Å². The Bertz CT molecular complexity index is 326. The molecule has 1 aliphatic rings. The molecule has 1 fully saturated rings. The number of carbonyl (C=O) groups is 1. The van der Waals surface area contributed by atoms with Crippen molar-refractivity contribution in [2.75, 3.05) is 6.61 Å². The lowest BCUT2D eigenvalue weighted by Gasteiger charge is -2.06. The van der Waals surface area contributed by atoms with Crippen LogP contribution in [0.5, 0.6) is 0 Å². The zero-order valence-electron chi connectivity index (χ0n) is 8.40. The Morgan fingerprint density at radius 2 is 2.43 bits per heavy atom. The largest absolute Gasteiger partial charge is 0.461 e. The van der Waals surface area contributed by atoms with Crippen LogP contribution in [0.4, 0.5) is 0 Å². The minimum atomic E-state index is -0.191. The molecule has 0 saturated heterocycles. The van der Waals surface area contributed by atoms with Crippen molar-refractivity contribution >= 4 is 5.97 Å². The number of hydrogen-bond donors (Lipinski definition) is 0. The van der Waals surface area contributed by atoms with Gasteiger partial charge in [-0.15, -0.1) is 0 Å². The van der Waals surface area contributed by atoms with Gasteiger partial charge >= 0.3 is 5.97 Å². The van der Waals surface area contributed by atoms with Crippen LogP contribution in [-0.2, 0) is 4.74 Å². The van der Waals surface area contributed by atoms with Gasteiger partial charge in [0.25, 0.3) is 0 Å². The highest BCUT2D eigenvalue weighted by Crippen LogP contribution is 2.36. The molecule has 3 nitrogen and oxygen atoms in total. The molecule has 0 amide bonds. The predicted octanol–water partition coefficient (Wildman–Crippen LogP) is 2.39. The molecule has 1 aliphatic carbocycles. The molecule has 0 bridgehead atoms. The SMILES string of the molecule is CCCOC(=O)c1cccn1C1CC1. The Labute approximate surface area is 83.7 Å². The molecule has 1 aromatic rings. The molecule has 0 N–H and O–H groups in total. The van der Waals surface area contributed by atoms with E-state index >= 15 is 0 Å². The van der Waals surface area contributed by atoms with Gasteiger partial charge in [0.1, 0.15) is 5.69 Å². The highest BCUT2D eigenvalue weighted by molar-refractivity contribution is 5.87. The van der Waals surface area contributed by atoms with Crippen LogP contribution in [-0.4, -0.2) is 17.1 Å². The van der Waals surface area contributed by atoms with Crippen LogP contribution in [0.1, 0.15) is 42.7 Å². The summed E-state index contributed by atoms with van der Waals surface area (Å²) in [6.07, 6.45) is 5.20. The third kappa shape index (κ3) is 1.81. The van der Waals surface area contributed by atoms with Crippen molar-refractivity contribution in [3.05, 3.63) is 24.0 Å². The number of hydrogen-bond acceptors (Lipinski definition) is 2. The van der Waals surface area contributed by atoms with E-state index < -0.39 is 0 Å². The summed E-state index contributed by atoms with van der Waals surface area (Å²) in [6, 6.07) is 4.27. The van der Waals surface area contributed by atoms with Gasteiger partial charge in [-0.2, -0.15) is 0 Å². The van der Waals surface area contributed by atoms with Gasteiger partial charge in [0.05, 0.1) is 6.61 Å². The highest BCUT2D eigenvalue weighted by Gasteiger charge is 2.27. The molecular weight excluding hydrogens is 178 g/mol. The molecular formula is C11H15NO2. The van der Waals surface area contributed by atoms with Crippen molar-refractivity contribution < 1.29 is 9.53 Å². The quantitative estimate of drug-likeness (QED) is 0.687. The van der Waals surface area contributed by atoms with Crippen LogP contribution in [0.2, 0.25) is 0 Å². The van der Waals surface area contributed by atoms with Crippen molar-refractivity contribution in [2.24, 2.45) is 0 Å². The summed E-state index contributed by atoms with van der Waals surface area (Å²) in [4.78, 5) is 11.6. The van der Waals surface area contributed by atoms with E-state index in [1.54, 1.807) is 0 Å². The number of nitrogens with zero attached hydrogens (tertiary/aromatic N) is 1. The third-order valence-corrected chi connectivity index (χ3v) is 2.37. The molecule has 0 aliphatic heterocycles. The van der Waals surface area contributed by atoms with E-state index in [0.29, 0.717) is 18.3 Å². The molecule has 1 aromatic heterocycles. The Morgan fingerprint density at radius 1 is 1.64 bits per heavy atom. The molecule has 0 unspecified atom stereocenters. The Kier molecular flexibility index (Phi) is 2.57. The molecule has 1 heterocycles. The lowest BCUT2D eigenvalue weighted by Crippen LogP contribution is -2.11. The summed E-state index contributed by atoms with van der Waals surface area (Å²) in [5.74, 6) is -0.191. The van der Waals surface area contributed by atoms with Crippen LogP contribution in [0.25, 0.3) is 0 Å². The van der Waals surface area contributed by atoms with Crippen LogP contribution >= 0.6 is 0 Å². The van der Waals surface area contributed by atoms with Crippen molar-refractivity contribution in [1.82, 2.24) is 4.57 Å². The average molecular weight is 193 g/mol. The third-order valence-electron chi connectivity index (χ3n) is 2.37. The number of rotatable bonds is 4. The Balaban J connectivity index is 2.06. The molecule has 0 atom stereocenters. The highest BCUT2D eigenvalue weighted by atomic mass is 16.5. The molecule has 3 heteroatoms. The standard InChI is InChI=1S/C11H15NO2/c1-2-8-14-11(13)10-4-3-7-12(10)9-5-6-9/h3-4,7,9H,2,5-6,8H2,1H3. The lowest BCUT2D eigenvalue weighted by molar-refractivity contribution is 0.0492. The van der Waals surface area contributed by atoms with Crippen LogP contribution in [0, 0.1) is 0 Å².